The van der Waals surface area contributed by atoms with Gasteiger partial charge in [0.15, 0.2) is 0 Å². The Morgan fingerprint density at radius 1 is 1.35 bits per heavy atom. The van der Waals surface area contributed by atoms with Crippen LogP contribution in [-0.4, -0.2) is 30.2 Å². The van der Waals surface area contributed by atoms with Gasteiger partial charge in [-0.05, 0) is 19.1 Å². The van der Waals surface area contributed by atoms with E-state index in [0.717, 1.165) is 0 Å². The maximum atomic E-state index is 12.6. The van der Waals surface area contributed by atoms with Crippen LogP contribution in [0.15, 0.2) is 29.2 Å². The Morgan fingerprint density at radius 3 is 2.75 bits per heavy atom. The van der Waals surface area contributed by atoms with Gasteiger partial charge in [-0.25, -0.2) is 0 Å². The fourth-order valence-corrected chi connectivity index (χ4v) is 2.70. The van der Waals surface area contributed by atoms with Gasteiger partial charge in [-0.1, -0.05) is 23.9 Å². The number of alkyl halides is 2. The van der Waals surface area contributed by atoms with Crippen molar-refractivity contribution < 1.29 is 18.4 Å². The predicted octanol–water partition coefficient (Wildman–Crippen LogP) is 2.24. The van der Waals surface area contributed by atoms with Crippen molar-refractivity contribution in [3.05, 3.63) is 24.3 Å². The van der Waals surface area contributed by atoms with Crippen molar-refractivity contribution in [3.8, 4) is 0 Å². The van der Waals surface area contributed by atoms with E-state index < -0.39 is 11.8 Å². The summed E-state index contributed by atoms with van der Waals surface area (Å²) in [5, 5.41) is 2.57. The van der Waals surface area contributed by atoms with E-state index >= 15 is 0 Å². The van der Waals surface area contributed by atoms with Crippen molar-refractivity contribution in [1.82, 2.24) is 5.32 Å². The number of nitrogens with zero attached hydrogens (tertiary/aromatic N) is 1. The highest BCUT2D eigenvalue weighted by Crippen LogP contribution is 2.34. The van der Waals surface area contributed by atoms with Crippen LogP contribution in [0.5, 0.6) is 0 Å². The van der Waals surface area contributed by atoms with Crippen molar-refractivity contribution in [2.45, 2.75) is 30.0 Å². The third-order valence-corrected chi connectivity index (χ3v) is 3.73. The number of halogens is 2. The van der Waals surface area contributed by atoms with E-state index in [1.165, 1.54) is 4.90 Å². The smallest absolute Gasteiger partial charge is 0.288 e. The fraction of sp³-hybridized carbons (Fsp3) is 0.385. The minimum absolute atomic E-state index is 0.157. The van der Waals surface area contributed by atoms with E-state index in [2.05, 4.69) is 5.32 Å². The van der Waals surface area contributed by atoms with Crippen molar-refractivity contribution >= 4 is 29.3 Å². The van der Waals surface area contributed by atoms with Crippen molar-refractivity contribution in [1.29, 1.82) is 0 Å². The second-order valence-corrected chi connectivity index (χ2v) is 5.41. The summed E-state index contributed by atoms with van der Waals surface area (Å²) in [6.45, 7) is 1.78. The van der Waals surface area contributed by atoms with Crippen LogP contribution in [0.3, 0.4) is 0 Å². The highest BCUT2D eigenvalue weighted by atomic mass is 32.2. The number of para-hydroxylation sites is 1. The summed E-state index contributed by atoms with van der Waals surface area (Å²) in [4.78, 5) is 25.4. The van der Waals surface area contributed by atoms with Crippen LogP contribution in [0.25, 0.3) is 0 Å². The number of anilines is 1. The van der Waals surface area contributed by atoms with Gasteiger partial charge < -0.3 is 10.2 Å². The summed E-state index contributed by atoms with van der Waals surface area (Å²) < 4.78 is 25.2. The molecule has 4 nitrogen and oxygen atoms in total. The van der Waals surface area contributed by atoms with Crippen molar-refractivity contribution in [2.24, 2.45) is 0 Å². The van der Waals surface area contributed by atoms with Gasteiger partial charge in [-0.2, -0.15) is 8.78 Å². The molecule has 0 aromatic heterocycles. The molecule has 1 atom stereocenters. The summed E-state index contributed by atoms with van der Waals surface area (Å²) in [5.41, 5.74) is 0.422. The van der Waals surface area contributed by atoms with Gasteiger partial charge in [0.1, 0.15) is 6.04 Å². The molecule has 1 heterocycles. The molecule has 1 saturated heterocycles. The zero-order valence-electron chi connectivity index (χ0n) is 10.8. The zero-order chi connectivity index (χ0) is 14.7. The molecule has 1 N–H and O–H groups in total. The Hall–Kier alpha value is -1.63. The average molecular weight is 300 g/mol. The summed E-state index contributed by atoms with van der Waals surface area (Å²) >= 11 is 0.397. The molecule has 1 aromatic rings. The predicted molar refractivity (Wildman–Crippen MR) is 72.9 cm³/mol. The molecule has 0 bridgehead atoms. The largest absolute Gasteiger partial charge is 0.345 e. The summed E-state index contributed by atoms with van der Waals surface area (Å²) in [7, 11) is 0. The number of carbonyl (C=O) groups excluding carboxylic acids is 2. The molecule has 0 radical (unpaired) electrons. The number of hydrogen-bond donors (Lipinski definition) is 1. The quantitative estimate of drug-likeness (QED) is 0.871. The number of rotatable bonds is 3. The summed E-state index contributed by atoms with van der Waals surface area (Å²) in [6, 6.07) is 5.83. The summed E-state index contributed by atoms with van der Waals surface area (Å²) in [6.07, 6.45) is 0.157. The molecule has 1 unspecified atom stereocenters. The molecule has 1 aliphatic heterocycles. The van der Waals surface area contributed by atoms with E-state index in [4.69, 9.17) is 0 Å². The van der Waals surface area contributed by atoms with Crippen LogP contribution < -0.4 is 10.2 Å². The van der Waals surface area contributed by atoms with Gasteiger partial charge >= 0.3 is 0 Å². The van der Waals surface area contributed by atoms with E-state index in [1.807, 2.05) is 0 Å². The molecule has 0 saturated carbocycles. The molecular weight excluding hydrogens is 286 g/mol. The molecular formula is C13H14F2N2O2S. The standard InChI is InChI=1S/C13H14F2N2O2S/c1-8-12(19)17(7-6-11(18)16-8)9-4-2-3-5-10(9)20-13(14)15/h2-5,8,13H,6-7H2,1H3,(H,16,18). The molecule has 0 aliphatic carbocycles. The highest BCUT2D eigenvalue weighted by Gasteiger charge is 2.29. The normalized spacial score (nSPS) is 20.0. The number of hydrogen-bond acceptors (Lipinski definition) is 3. The van der Waals surface area contributed by atoms with E-state index in [-0.39, 0.29) is 24.8 Å². The van der Waals surface area contributed by atoms with Crippen LogP contribution in [-0.2, 0) is 9.59 Å². The monoisotopic (exact) mass is 300 g/mol. The van der Waals surface area contributed by atoms with Crippen molar-refractivity contribution in [2.75, 3.05) is 11.4 Å². The first-order chi connectivity index (χ1) is 9.49. The molecule has 7 heteroatoms. The second-order valence-electron chi connectivity index (χ2n) is 4.38. The minimum atomic E-state index is -2.56. The van der Waals surface area contributed by atoms with E-state index in [1.54, 1.807) is 31.2 Å². The van der Waals surface area contributed by atoms with E-state index in [0.29, 0.717) is 22.3 Å². The van der Waals surface area contributed by atoms with Crippen LogP contribution >= 0.6 is 11.8 Å². The third kappa shape index (κ3) is 3.27. The van der Waals surface area contributed by atoms with Crippen LogP contribution in [0.2, 0.25) is 0 Å². The first-order valence-corrected chi connectivity index (χ1v) is 7.01. The average Bonchev–Trinajstić information content (AvgIpc) is 2.50. The zero-order valence-corrected chi connectivity index (χ0v) is 11.6. The number of amides is 2. The molecule has 108 valence electrons. The molecule has 1 aromatic carbocycles. The lowest BCUT2D eigenvalue weighted by molar-refractivity contribution is -0.125. The van der Waals surface area contributed by atoms with Crippen LogP contribution in [0.1, 0.15) is 13.3 Å². The summed E-state index contributed by atoms with van der Waals surface area (Å²) in [5.74, 6) is -3.07. The lowest BCUT2D eigenvalue weighted by atomic mass is 10.2. The molecule has 1 aliphatic rings. The molecule has 1 fully saturated rings. The lowest BCUT2D eigenvalue weighted by Gasteiger charge is -2.24. The van der Waals surface area contributed by atoms with Crippen molar-refractivity contribution in [3.63, 3.8) is 0 Å². The number of thioether (sulfide) groups is 1. The highest BCUT2D eigenvalue weighted by molar-refractivity contribution is 7.99. The number of nitrogens with one attached hydrogen (secondary N) is 1. The van der Waals surface area contributed by atoms with Crippen LogP contribution in [0, 0.1) is 0 Å². The van der Waals surface area contributed by atoms with Gasteiger partial charge in [0, 0.05) is 17.9 Å². The lowest BCUT2D eigenvalue weighted by Crippen LogP contribution is -2.42. The molecule has 0 spiro atoms. The van der Waals surface area contributed by atoms with Gasteiger partial charge in [-0.3, -0.25) is 9.59 Å². The van der Waals surface area contributed by atoms with Gasteiger partial charge in [0.2, 0.25) is 11.8 Å². The molecule has 2 rings (SSSR count). The number of carbonyl (C=O) groups is 2. The second kappa shape index (κ2) is 6.21. The topological polar surface area (TPSA) is 49.4 Å². The fourth-order valence-electron chi connectivity index (χ4n) is 2.05. The molecule has 2 amide bonds. The van der Waals surface area contributed by atoms with Gasteiger partial charge in [-0.15, -0.1) is 0 Å². The Bertz CT molecular complexity index is 525. The van der Waals surface area contributed by atoms with Gasteiger partial charge in [0.25, 0.3) is 5.76 Å². The maximum Gasteiger partial charge on any atom is 0.288 e. The third-order valence-electron chi connectivity index (χ3n) is 2.95. The molecule has 20 heavy (non-hydrogen) atoms. The minimum Gasteiger partial charge on any atom is -0.345 e. The van der Waals surface area contributed by atoms with Crippen LogP contribution in [0.4, 0.5) is 14.5 Å². The maximum absolute atomic E-state index is 12.6. The first-order valence-electron chi connectivity index (χ1n) is 6.13. The first kappa shape index (κ1) is 14.8. The van der Waals surface area contributed by atoms with E-state index in [9.17, 15) is 18.4 Å². The SMILES string of the molecule is CC1NC(=O)CCN(c2ccccc2SC(F)F)C1=O. The Kier molecular flexibility index (Phi) is 4.59. The Balaban J connectivity index is 2.34. The Labute approximate surface area is 119 Å². The number of benzene rings is 1. The van der Waals surface area contributed by atoms with Gasteiger partial charge in [0.05, 0.1) is 5.69 Å². The Morgan fingerprint density at radius 2 is 2.05 bits per heavy atom.